The maximum absolute atomic E-state index is 7.01. The van der Waals surface area contributed by atoms with Crippen LogP contribution in [0.4, 0.5) is 0 Å². The van der Waals surface area contributed by atoms with Crippen molar-refractivity contribution in [2.45, 2.75) is 0 Å². The number of rotatable bonds is 6. The van der Waals surface area contributed by atoms with E-state index in [1.807, 2.05) is 12.1 Å². The fourth-order valence-electron chi connectivity index (χ4n) is 11.9. The Morgan fingerprint density at radius 2 is 0.792 bits per heavy atom. The van der Waals surface area contributed by atoms with Gasteiger partial charge in [0, 0.05) is 101 Å². The van der Waals surface area contributed by atoms with Gasteiger partial charge in [0.2, 0.25) is 0 Å². The van der Waals surface area contributed by atoms with Crippen molar-refractivity contribution in [3.63, 3.8) is 0 Å². The minimum absolute atomic E-state index is 0.587. The predicted molar refractivity (Wildman–Crippen MR) is 322 cm³/mol. The highest BCUT2D eigenvalue weighted by atomic mass is 32.1. The predicted octanol–water partition coefficient (Wildman–Crippen LogP) is 19.8. The van der Waals surface area contributed by atoms with E-state index >= 15 is 0 Å². The van der Waals surface area contributed by atoms with Crippen LogP contribution in [0.2, 0.25) is 0 Å². The second kappa shape index (κ2) is 16.4. The van der Waals surface area contributed by atoms with E-state index in [1.165, 1.54) is 40.3 Å². The number of hydrogen-bond acceptors (Lipinski definition) is 7. The van der Waals surface area contributed by atoms with Crippen molar-refractivity contribution in [1.82, 2.24) is 19.5 Å². The van der Waals surface area contributed by atoms with E-state index in [9.17, 15) is 0 Å². The molecule has 6 aromatic heterocycles. The number of fused-ring (bicyclic) bond motifs is 16. The lowest BCUT2D eigenvalue weighted by molar-refractivity contribution is 0.658. The van der Waals surface area contributed by atoms with Gasteiger partial charge in [0.15, 0.2) is 17.5 Å². The molecule has 77 heavy (non-hydrogen) atoms. The van der Waals surface area contributed by atoms with Gasteiger partial charge in [0.25, 0.3) is 0 Å². The van der Waals surface area contributed by atoms with Crippen molar-refractivity contribution in [3.8, 4) is 62.1 Å². The van der Waals surface area contributed by atoms with Crippen LogP contribution < -0.4 is 0 Å². The van der Waals surface area contributed by atoms with Crippen molar-refractivity contribution in [3.05, 3.63) is 231 Å². The molecular weight excluding hydrogens is 981 g/mol. The SMILES string of the molecule is c1ccc(-c2cc(-c3nc(-c4ccc5c(c4)sc4ccccc45)nc(-c4ccc5c(c4)sc4ccccc45)n3)cc(-c3ccccc3)c2-n2c3ccccc3c3c4oc5cc6oc7ccccc7c6cc5c4ccc32)cc1. The van der Waals surface area contributed by atoms with Crippen LogP contribution >= 0.6 is 22.7 Å². The highest BCUT2D eigenvalue weighted by Crippen LogP contribution is 2.48. The summed E-state index contributed by atoms with van der Waals surface area (Å²) in [5, 5.41) is 11.4. The summed E-state index contributed by atoms with van der Waals surface area (Å²) >= 11 is 3.59. The topological polar surface area (TPSA) is 69.9 Å². The Labute approximate surface area is 447 Å². The Balaban J connectivity index is 0.933. The first-order valence-electron chi connectivity index (χ1n) is 25.7. The third kappa shape index (κ3) is 6.50. The maximum Gasteiger partial charge on any atom is 0.164 e. The normalized spacial score (nSPS) is 12.2. The zero-order valence-electron chi connectivity index (χ0n) is 40.9. The maximum atomic E-state index is 7.01. The highest BCUT2D eigenvalue weighted by Gasteiger charge is 2.26. The van der Waals surface area contributed by atoms with Gasteiger partial charge in [-0.3, -0.25) is 0 Å². The third-order valence-electron chi connectivity index (χ3n) is 15.4. The quantitative estimate of drug-likeness (QED) is 0.166. The van der Waals surface area contributed by atoms with Gasteiger partial charge in [-0.2, -0.15) is 0 Å². The van der Waals surface area contributed by atoms with Crippen LogP contribution in [-0.2, 0) is 0 Å². The molecule has 17 rings (SSSR count). The molecule has 0 amide bonds. The number of thiophene rings is 2. The van der Waals surface area contributed by atoms with Crippen molar-refractivity contribution in [2.75, 3.05) is 0 Å². The summed E-state index contributed by atoms with van der Waals surface area (Å²) in [6.07, 6.45) is 0. The first kappa shape index (κ1) is 42.6. The molecule has 0 aliphatic carbocycles. The standard InChI is InChI=1S/C69H38N4O2S2/c1-3-15-39(16-4-1)51-33-43(69-71-67(41-27-29-47-45-20-9-13-25-60(45)76-62(47)35-41)70-68(72-69)42-28-30-48-46-21-10-14-26-61(46)77-63(48)36-42)34-52(40-17-5-2-6-18-40)65(51)73-55-23-11-7-22-50(55)64-56(73)32-31-49-54-37-53-44-19-8-12-24-57(44)74-58(53)38-59(54)75-66(49)64/h1-38H. The van der Waals surface area contributed by atoms with E-state index in [4.69, 9.17) is 23.8 Å². The van der Waals surface area contributed by atoms with Crippen molar-refractivity contribution < 1.29 is 8.83 Å². The largest absolute Gasteiger partial charge is 0.456 e. The molecule has 0 radical (unpaired) electrons. The number of aromatic nitrogens is 4. The minimum atomic E-state index is 0.587. The molecule has 0 atom stereocenters. The van der Waals surface area contributed by atoms with Gasteiger partial charge in [-0.05, 0) is 77.9 Å². The second-order valence-corrected chi connectivity index (χ2v) is 22.0. The Morgan fingerprint density at radius 3 is 1.43 bits per heavy atom. The molecule has 0 saturated heterocycles. The van der Waals surface area contributed by atoms with E-state index in [0.29, 0.717) is 17.5 Å². The fourth-order valence-corrected chi connectivity index (χ4v) is 14.2. The molecule has 17 aromatic rings. The first-order chi connectivity index (χ1) is 38.1. The summed E-state index contributed by atoms with van der Waals surface area (Å²) in [5.74, 6) is 1.82. The minimum Gasteiger partial charge on any atom is -0.456 e. The summed E-state index contributed by atoms with van der Waals surface area (Å²) in [4.78, 5) is 16.3. The first-order valence-corrected chi connectivity index (χ1v) is 27.4. The molecule has 0 fully saturated rings. The molecule has 0 bridgehead atoms. The summed E-state index contributed by atoms with van der Waals surface area (Å²) in [6.45, 7) is 0. The van der Waals surface area contributed by atoms with E-state index in [1.54, 1.807) is 22.7 Å². The van der Waals surface area contributed by atoms with E-state index in [0.717, 1.165) is 110 Å². The lowest BCUT2D eigenvalue weighted by Crippen LogP contribution is -2.04. The number of furan rings is 2. The number of benzene rings is 11. The summed E-state index contributed by atoms with van der Waals surface area (Å²) < 4.78 is 20.7. The van der Waals surface area contributed by atoms with E-state index in [-0.39, 0.29) is 0 Å². The molecule has 11 aromatic carbocycles. The molecule has 358 valence electrons. The van der Waals surface area contributed by atoms with Crippen LogP contribution in [-0.4, -0.2) is 19.5 Å². The molecule has 8 heteroatoms. The van der Waals surface area contributed by atoms with Crippen LogP contribution in [0.15, 0.2) is 239 Å². The van der Waals surface area contributed by atoms with Crippen LogP contribution in [0.1, 0.15) is 0 Å². The average molecular weight is 1020 g/mol. The van der Waals surface area contributed by atoms with Crippen LogP contribution in [0.5, 0.6) is 0 Å². The van der Waals surface area contributed by atoms with Gasteiger partial charge in [-0.25, -0.2) is 15.0 Å². The zero-order valence-corrected chi connectivity index (χ0v) is 42.5. The van der Waals surface area contributed by atoms with Gasteiger partial charge in [0.1, 0.15) is 22.3 Å². The van der Waals surface area contributed by atoms with Crippen LogP contribution in [0.25, 0.3) is 168 Å². The molecule has 6 heterocycles. The van der Waals surface area contributed by atoms with E-state index in [2.05, 4.69) is 223 Å². The Hall–Kier alpha value is -9.73. The zero-order chi connectivity index (χ0) is 50.3. The number of hydrogen-bond donors (Lipinski definition) is 0. The molecule has 0 aliphatic rings. The Kier molecular flexibility index (Phi) is 9.07. The summed E-state index contributed by atoms with van der Waals surface area (Å²) in [5.41, 5.74) is 13.4. The molecule has 0 unspecified atom stereocenters. The second-order valence-electron chi connectivity index (χ2n) is 19.8. The third-order valence-corrected chi connectivity index (χ3v) is 17.7. The van der Waals surface area contributed by atoms with Crippen LogP contribution in [0.3, 0.4) is 0 Å². The Bertz CT molecular complexity index is 5100. The lowest BCUT2D eigenvalue weighted by atomic mass is 9.92. The number of nitrogens with zero attached hydrogens (tertiary/aromatic N) is 4. The summed E-state index contributed by atoms with van der Waals surface area (Å²) in [7, 11) is 0. The van der Waals surface area contributed by atoms with Gasteiger partial charge < -0.3 is 13.4 Å². The molecule has 0 saturated carbocycles. The number of para-hydroxylation sites is 2. The monoisotopic (exact) mass is 1020 g/mol. The molecule has 0 spiro atoms. The van der Waals surface area contributed by atoms with Gasteiger partial charge in [-0.1, -0.05) is 158 Å². The molecule has 0 N–H and O–H groups in total. The van der Waals surface area contributed by atoms with Gasteiger partial charge in [0.05, 0.1) is 22.1 Å². The van der Waals surface area contributed by atoms with Gasteiger partial charge >= 0.3 is 0 Å². The fraction of sp³-hybridized carbons (Fsp3) is 0. The highest BCUT2D eigenvalue weighted by molar-refractivity contribution is 7.26. The van der Waals surface area contributed by atoms with Crippen molar-refractivity contribution in [1.29, 1.82) is 0 Å². The molecular formula is C69H38N4O2S2. The smallest absolute Gasteiger partial charge is 0.164 e. The lowest BCUT2D eigenvalue weighted by Gasteiger charge is -2.21. The average Bonchev–Trinajstić information content (AvgIpc) is 4.52. The van der Waals surface area contributed by atoms with Crippen LogP contribution in [0, 0.1) is 0 Å². The van der Waals surface area contributed by atoms with E-state index < -0.39 is 0 Å². The Morgan fingerprint density at radius 1 is 0.299 bits per heavy atom. The van der Waals surface area contributed by atoms with Crippen molar-refractivity contribution >= 4 is 129 Å². The summed E-state index contributed by atoms with van der Waals surface area (Å²) in [6, 6.07) is 82.2. The van der Waals surface area contributed by atoms with Gasteiger partial charge in [-0.15, -0.1) is 22.7 Å². The molecule has 0 aliphatic heterocycles. The van der Waals surface area contributed by atoms with Crippen molar-refractivity contribution in [2.24, 2.45) is 0 Å². The molecule has 6 nitrogen and oxygen atoms in total.